The van der Waals surface area contributed by atoms with Gasteiger partial charge in [-0.3, -0.25) is 4.90 Å². The summed E-state index contributed by atoms with van der Waals surface area (Å²) in [6.07, 6.45) is -0.377. The lowest BCUT2D eigenvalue weighted by Crippen LogP contribution is -2.49. The molecule has 22 heavy (non-hydrogen) atoms. The highest BCUT2D eigenvalue weighted by Crippen LogP contribution is 2.15. The molecule has 0 aliphatic heterocycles. The van der Waals surface area contributed by atoms with Crippen LogP contribution in [-0.4, -0.2) is 45.6 Å². The highest BCUT2D eigenvalue weighted by molar-refractivity contribution is 9.09. The van der Waals surface area contributed by atoms with E-state index in [2.05, 4.69) is 15.9 Å². The van der Waals surface area contributed by atoms with Gasteiger partial charge in [0.2, 0.25) is 0 Å². The van der Waals surface area contributed by atoms with Gasteiger partial charge in [0.25, 0.3) is 0 Å². The van der Waals surface area contributed by atoms with E-state index in [1.807, 2.05) is 30.3 Å². The Hall–Kier alpha value is -1.56. The summed E-state index contributed by atoms with van der Waals surface area (Å²) in [7, 11) is 0. The predicted molar refractivity (Wildman–Crippen MR) is 88.3 cm³/mol. The van der Waals surface area contributed by atoms with Crippen molar-refractivity contribution in [3.8, 4) is 0 Å². The monoisotopic (exact) mass is 371 g/mol. The predicted octanol–water partition coefficient (Wildman–Crippen LogP) is 3.31. The number of benzene rings is 1. The van der Waals surface area contributed by atoms with Gasteiger partial charge in [-0.1, -0.05) is 46.3 Å². The zero-order valence-corrected chi connectivity index (χ0v) is 14.7. The maximum absolute atomic E-state index is 12.3. The molecule has 0 aliphatic carbocycles. The van der Waals surface area contributed by atoms with Crippen molar-refractivity contribution >= 4 is 28.0 Å². The fourth-order valence-electron chi connectivity index (χ4n) is 1.95. The molecule has 0 aromatic heterocycles. The summed E-state index contributed by atoms with van der Waals surface area (Å²) >= 11 is 3.26. The minimum absolute atomic E-state index is 0.239. The topological polar surface area (TPSA) is 66.8 Å². The Labute approximate surface area is 139 Å². The number of halogens is 1. The van der Waals surface area contributed by atoms with Crippen molar-refractivity contribution in [1.82, 2.24) is 4.90 Å². The number of carboxylic acid groups (broad SMARTS) is 1. The maximum atomic E-state index is 12.3. The molecule has 1 N–H and O–H groups in total. The van der Waals surface area contributed by atoms with E-state index in [-0.39, 0.29) is 13.0 Å². The largest absolute Gasteiger partial charge is 0.480 e. The zero-order chi connectivity index (χ0) is 16.8. The first-order valence-corrected chi connectivity index (χ1v) is 8.19. The van der Waals surface area contributed by atoms with Crippen molar-refractivity contribution in [2.24, 2.45) is 0 Å². The third-order valence-electron chi connectivity index (χ3n) is 2.89. The molecule has 0 saturated carbocycles. The quantitative estimate of drug-likeness (QED) is 0.778. The number of hydrogen-bond acceptors (Lipinski definition) is 3. The molecular formula is C16H22BrNO4. The second kappa shape index (κ2) is 8.17. The van der Waals surface area contributed by atoms with Gasteiger partial charge in [-0.2, -0.15) is 0 Å². The van der Waals surface area contributed by atoms with E-state index in [9.17, 15) is 14.7 Å². The summed E-state index contributed by atoms with van der Waals surface area (Å²) in [6.45, 7) is 5.53. The lowest BCUT2D eigenvalue weighted by atomic mass is 10.0. The summed E-state index contributed by atoms with van der Waals surface area (Å²) in [5, 5.41) is 9.99. The SMILES string of the molecule is CC(C)(C)OC(=O)N(CCBr)[C@@H](Cc1ccccc1)C(=O)O. The average molecular weight is 372 g/mol. The van der Waals surface area contributed by atoms with Gasteiger partial charge < -0.3 is 9.84 Å². The number of carbonyl (C=O) groups excluding carboxylic acids is 1. The first kappa shape index (κ1) is 18.5. The first-order valence-electron chi connectivity index (χ1n) is 7.07. The molecule has 5 nitrogen and oxygen atoms in total. The molecule has 1 rings (SSSR count). The fourth-order valence-corrected chi connectivity index (χ4v) is 2.34. The molecule has 1 amide bonds. The molecule has 1 aromatic carbocycles. The molecule has 1 aromatic rings. The van der Waals surface area contributed by atoms with Crippen LogP contribution >= 0.6 is 15.9 Å². The minimum Gasteiger partial charge on any atom is -0.480 e. The molecule has 0 unspecified atom stereocenters. The molecular weight excluding hydrogens is 350 g/mol. The van der Waals surface area contributed by atoms with Gasteiger partial charge in [0.05, 0.1) is 0 Å². The lowest BCUT2D eigenvalue weighted by Gasteiger charge is -2.31. The third-order valence-corrected chi connectivity index (χ3v) is 3.24. The number of alkyl halides is 1. The van der Waals surface area contributed by atoms with Crippen LogP contribution in [0.5, 0.6) is 0 Å². The van der Waals surface area contributed by atoms with Gasteiger partial charge in [-0.05, 0) is 26.3 Å². The van der Waals surface area contributed by atoms with Crippen LogP contribution in [0.25, 0.3) is 0 Å². The molecule has 0 saturated heterocycles. The number of rotatable bonds is 6. The lowest BCUT2D eigenvalue weighted by molar-refractivity contribution is -0.143. The number of carboxylic acids is 1. The Bertz CT molecular complexity index is 499. The Kier molecular flexibility index (Phi) is 6.87. The molecule has 0 bridgehead atoms. The number of aliphatic carboxylic acids is 1. The van der Waals surface area contributed by atoms with Crippen LogP contribution in [0.3, 0.4) is 0 Å². The summed E-state index contributed by atoms with van der Waals surface area (Å²) in [6, 6.07) is 8.28. The second-order valence-electron chi connectivity index (χ2n) is 5.91. The summed E-state index contributed by atoms with van der Waals surface area (Å²) in [4.78, 5) is 25.2. The summed E-state index contributed by atoms with van der Waals surface area (Å²) < 4.78 is 5.32. The number of carbonyl (C=O) groups is 2. The summed E-state index contributed by atoms with van der Waals surface area (Å²) in [5.74, 6) is -1.05. The average Bonchev–Trinajstić information content (AvgIpc) is 2.41. The van der Waals surface area contributed by atoms with E-state index in [1.165, 1.54) is 4.90 Å². The van der Waals surface area contributed by atoms with Crippen LogP contribution < -0.4 is 0 Å². The zero-order valence-electron chi connectivity index (χ0n) is 13.1. The standard InChI is InChI=1S/C16H22BrNO4/c1-16(2,3)22-15(21)18(10-9-17)13(14(19)20)11-12-7-5-4-6-8-12/h4-8,13H,9-11H2,1-3H3,(H,19,20)/t13-/m0/s1. The minimum atomic E-state index is -1.05. The van der Waals surface area contributed by atoms with Crippen molar-refractivity contribution in [3.05, 3.63) is 35.9 Å². The van der Waals surface area contributed by atoms with Gasteiger partial charge in [-0.15, -0.1) is 0 Å². The van der Waals surface area contributed by atoms with Crippen molar-refractivity contribution in [3.63, 3.8) is 0 Å². The number of amides is 1. The van der Waals surface area contributed by atoms with Crippen LogP contribution in [0, 0.1) is 0 Å². The van der Waals surface area contributed by atoms with E-state index in [0.717, 1.165) is 5.56 Å². The van der Waals surface area contributed by atoms with Crippen molar-refractivity contribution in [1.29, 1.82) is 0 Å². The molecule has 1 atom stereocenters. The van der Waals surface area contributed by atoms with Gasteiger partial charge in [0.15, 0.2) is 0 Å². The summed E-state index contributed by atoms with van der Waals surface area (Å²) in [5.41, 5.74) is 0.190. The smallest absolute Gasteiger partial charge is 0.411 e. The number of ether oxygens (including phenoxy) is 1. The Morgan fingerprint density at radius 3 is 2.32 bits per heavy atom. The van der Waals surface area contributed by atoms with Gasteiger partial charge >= 0.3 is 12.1 Å². The van der Waals surface area contributed by atoms with Gasteiger partial charge in [-0.25, -0.2) is 9.59 Å². The number of hydrogen-bond donors (Lipinski definition) is 1. The Balaban J connectivity index is 2.96. The molecule has 0 aliphatic rings. The highest BCUT2D eigenvalue weighted by Gasteiger charge is 2.32. The molecule has 6 heteroatoms. The van der Waals surface area contributed by atoms with Crippen LogP contribution in [0.4, 0.5) is 4.79 Å². The first-order chi connectivity index (χ1) is 10.2. The van der Waals surface area contributed by atoms with Crippen molar-refractivity contribution < 1.29 is 19.4 Å². The fraction of sp³-hybridized carbons (Fsp3) is 0.500. The molecule has 0 heterocycles. The van der Waals surface area contributed by atoms with Gasteiger partial charge in [0.1, 0.15) is 11.6 Å². The second-order valence-corrected chi connectivity index (χ2v) is 6.70. The molecule has 0 spiro atoms. The highest BCUT2D eigenvalue weighted by atomic mass is 79.9. The maximum Gasteiger partial charge on any atom is 0.411 e. The number of nitrogens with zero attached hydrogens (tertiary/aromatic N) is 1. The van der Waals surface area contributed by atoms with Crippen LogP contribution in [0.2, 0.25) is 0 Å². The molecule has 0 radical (unpaired) electrons. The molecule has 122 valence electrons. The Morgan fingerprint density at radius 1 is 1.27 bits per heavy atom. The van der Waals surface area contributed by atoms with Crippen molar-refractivity contribution in [2.45, 2.75) is 38.8 Å². The van der Waals surface area contributed by atoms with Crippen LogP contribution in [0.1, 0.15) is 26.3 Å². The van der Waals surface area contributed by atoms with E-state index in [0.29, 0.717) is 5.33 Å². The van der Waals surface area contributed by atoms with E-state index in [4.69, 9.17) is 4.74 Å². The van der Waals surface area contributed by atoms with Gasteiger partial charge in [0, 0.05) is 18.3 Å². The third kappa shape index (κ3) is 6.05. The normalized spacial score (nSPS) is 12.5. The van der Waals surface area contributed by atoms with Crippen LogP contribution in [-0.2, 0) is 16.0 Å². The van der Waals surface area contributed by atoms with E-state index < -0.39 is 23.7 Å². The van der Waals surface area contributed by atoms with Crippen LogP contribution in [0.15, 0.2) is 30.3 Å². The van der Waals surface area contributed by atoms with Crippen molar-refractivity contribution in [2.75, 3.05) is 11.9 Å². The Morgan fingerprint density at radius 2 is 1.86 bits per heavy atom. The van der Waals surface area contributed by atoms with E-state index >= 15 is 0 Å². The molecule has 0 fully saturated rings. The van der Waals surface area contributed by atoms with E-state index in [1.54, 1.807) is 20.8 Å².